The highest BCUT2D eigenvalue weighted by atomic mass is 32.3. The van der Waals surface area contributed by atoms with Crippen LogP contribution in [0.4, 0.5) is 13.2 Å². The Hall–Kier alpha value is -1.26. The molecule has 120 valence electrons. The summed E-state index contributed by atoms with van der Waals surface area (Å²) in [7, 11) is -11.0. The average molecular weight is 345 g/mol. The van der Waals surface area contributed by atoms with Gasteiger partial charge in [0.15, 0.2) is 10.0 Å². The minimum absolute atomic E-state index is 0. The van der Waals surface area contributed by atoms with Gasteiger partial charge >= 0.3 is 5.51 Å². The third-order valence-corrected chi connectivity index (χ3v) is 5.36. The molecule has 10 heteroatoms. The van der Waals surface area contributed by atoms with E-state index >= 15 is 0 Å². The molecule has 0 bridgehead atoms. The van der Waals surface area contributed by atoms with Crippen LogP contribution in [0.3, 0.4) is 0 Å². The zero-order chi connectivity index (χ0) is 15.8. The second-order valence-electron chi connectivity index (χ2n) is 4.19. The van der Waals surface area contributed by atoms with Crippen LogP contribution >= 0.6 is 0 Å². The molecule has 0 aromatic heterocycles. The molecule has 0 saturated carbocycles. The molecule has 0 aliphatic heterocycles. The van der Waals surface area contributed by atoms with Crippen molar-refractivity contribution in [2.24, 2.45) is 0 Å². The zero-order valence-electron chi connectivity index (χ0n) is 11.4. The summed E-state index contributed by atoms with van der Waals surface area (Å²) >= 11 is 0. The van der Waals surface area contributed by atoms with Crippen LogP contribution in [0.5, 0.6) is 0 Å². The van der Waals surface area contributed by atoms with Gasteiger partial charge in [-0.3, -0.25) is 0 Å². The lowest BCUT2D eigenvalue weighted by molar-refractivity contribution is -0.0425. The maximum absolute atomic E-state index is 12.1. The molecule has 1 rings (SSSR count). The van der Waals surface area contributed by atoms with Crippen LogP contribution < -0.4 is 0 Å². The number of sulfonamides is 2. The summed E-state index contributed by atoms with van der Waals surface area (Å²) in [6, 6.07) is 4.79. The molecular formula is C11H14F3NO4S2. The molecule has 1 aromatic carbocycles. The molecule has 0 spiro atoms. The van der Waals surface area contributed by atoms with E-state index < -0.39 is 30.5 Å². The summed E-state index contributed by atoms with van der Waals surface area (Å²) in [6.45, 7) is 3.67. The summed E-state index contributed by atoms with van der Waals surface area (Å²) < 4.78 is 82.8. The van der Waals surface area contributed by atoms with Crippen LogP contribution in [0.25, 0.3) is 4.13 Å². The van der Waals surface area contributed by atoms with Gasteiger partial charge in [-0.2, -0.15) is 13.2 Å². The van der Waals surface area contributed by atoms with E-state index in [9.17, 15) is 30.0 Å². The molecule has 5 nitrogen and oxygen atoms in total. The first kappa shape index (κ1) is 19.7. The largest absolute Gasteiger partial charge is 0.480 e. The number of nitrogens with zero attached hydrogens (tertiary/aromatic N) is 1. The summed E-state index contributed by atoms with van der Waals surface area (Å²) in [6.07, 6.45) is 0. The average Bonchev–Trinajstić information content (AvgIpc) is 2.26. The van der Waals surface area contributed by atoms with Gasteiger partial charge in [0.2, 0.25) is 0 Å². The lowest BCUT2D eigenvalue weighted by Crippen LogP contribution is -2.24. The minimum Gasteiger partial charge on any atom is -0.424 e. The van der Waals surface area contributed by atoms with E-state index in [-0.39, 0.29) is 13.3 Å². The maximum Gasteiger partial charge on any atom is 0.480 e. The Morgan fingerprint density at radius 1 is 1.00 bits per heavy atom. The zero-order valence-corrected chi connectivity index (χ0v) is 13.1. The molecule has 0 aliphatic rings. The standard InChI is InChI=1S/C10H11F3NO4S2.CH3/c1-7(2)8-3-5-9(6-4-8)19(15,16)14-20(17,18)10(11,12)13;/h3-7H,1-2H3;1H3/q-1;+1. The minimum atomic E-state index is -6.09. The fourth-order valence-corrected chi connectivity index (χ4v) is 3.43. The van der Waals surface area contributed by atoms with Crippen molar-refractivity contribution in [3.63, 3.8) is 0 Å². The smallest absolute Gasteiger partial charge is 0.424 e. The number of alkyl halides is 3. The first-order valence-corrected chi connectivity index (χ1v) is 8.15. The summed E-state index contributed by atoms with van der Waals surface area (Å²) in [4.78, 5) is -0.616. The molecule has 0 fully saturated rings. The highest BCUT2D eigenvalue weighted by Gasteiger charge is 2.40. The van der Waals surface area contributed by atoms with Crippen molar-refractivity contribution in [2.75, 3.05) is 0 Å². The summed E-state index contributed by atoms with van der Waals surface area (Å²) in [5, 5.41) is 0. The van der Waals surface area contributed by atoms with Crippen LogP contribution in [0.2, 0.25) is 0 Å². The number of rotatable bonds is 4. The van der Waals surface area contributed by atoms with Crippen LogP contribution in [-0.4, -0.2) is 22.3 Å². The number of hydrogen-bond donors (Lipinski definition) is 0. The molecule has 0 heterocycles. The van der Waals surface area contributed by atoms with Gasteiger partial charge in [-0.1, -0.05) is 26.0 Å². The monoisotopic (exact) mass is 345 g/mol. The van der Waals surface area contributed by atoms with Gasteiger partial charge in [0.1, 0.15) is 10.0 Å². The van der Waals surface area contributed by atoms with Crippen LogP contribution in [0.15, 0.2) is 29.2 Å². The van der Waals surface area contributed by atoms with Crippen molar-refractivity contribution in [2.45, 2.75) is 30.2 Å². The van der Waals surface area contributed by atoms with Crippen molar-refractivity contribution >= 4 is 20.0 Å². The highest BCUT2D eigenvalue weighted by Crippen LogP contribution is 2.32. The Bertz CT molecular complexity index is 677. The lowest BCUT2D eigenvalue weighted by atomic mass is 10.0. The Morgan fingerprint density at radius 3 is 1.76 bits per heavy atom. The van der Waals surface area contributed by atoms with Crippen molar-refractivity contribution in [1.29, 1.82) is 0 Å². The van der Waals surface area contributed by atoms with Crippen LogP contribution in [0.1, 0.15) is 25.3 Å². The normalized spacial score (nSPS) is 13.0. The topological polar surface area (TPSA) is 82.4 Å². The Labute approximate surface area is 122 Å². The van der Waals surface area contributed by atoms with Gasteiger partial charge in [-0.25, -0.2) is 16.8 Å². The number of benzene rings is 1. The Kier molecular flexibility index (Phi) is 5.87. The van der Waals surface area contributed by atoms with E-state index in [0.29, 0.717) is 0 Å². The predicted molar refractivity (Wildman–Crippen MR) is 72.5 cm³/mol. The molecule has 0 aliphatic carbocycles. The Morgan fingerprint density at radius 2 is 1.43 bits per heavy atom. The van der Waals surface area contributed by atoms with Crippen LogP contribution in [0, 0.1) is 7.43 Å². The molecule has 0 amide bonds. The fourth-order valence-electron chi connectivity index (χ4n) is 1.24. The molecule has 21 heavy (non-hydrogen) atoms. The van der Waals surface area contributed by atoms with Gasteiger partial charge in [0.05, 0.1) is 0 Å². The molecular weight excluding hydrogens is 331 g/mol. The number of hydrogen-bond acceptors (Lipinski definition) is 4. The van der Waals surface area contributed by atoms with Gasteiger partial charge in [0.25, 0.3) is 0 Å². The third-order valence-electron chi connectivity index (χ3n) is 2.33. The second kappa shape index (κ2) is 6.24. The van der Waals surface area contributed by atoms with E-state index in [1.807, 2.05) is 18.0 Å². The van der Waals surface area contributed by atoms with Gasteiger partial charge in [-0.15, -0.1) is 0 Å². The van der Waals surface area contributed by atoms with Gasteiger partial charge < -0.3 is 4.13 Å². The second-order valence-corrected chi connectivity index (χ2v) is 7.63. The van der Waals surface area contributed by atoms with E-state index in [0.717, 1.165) is 17.7 Å². The van der Waals surface area contributed by atoms with E-state index in [2.05, 4.69) is 0 Å². The van der Waals surface area contributed by atoms with Crippen molar-refractivity contribution in [1.82, 2.24) is 0 Å². The lowest BCUT2D eigenvalue weighted by Gasteiger charge is -2.22. The highest BCUT2D eigenvalue weighted by molar-refractivity contribution is 8.12. The predicted octanol–water partition coefficient (Wildman–Crippen LogP) is 3.17. The molecule has 0 atom stereocenters. The fraction of sp³-hybridized carbons (Fsp3) is 0.364. The Balaban J connectivity index is 0.00000400. The molecule has 0 unspecified atom stereocenters. The quantitative estimate of drug-likeness (QED) is 0.785. The first-order chi connectivity index (χ1) is 8.87. The summed E-state index contributed by atoms with van der Waals surface area (Å²) in [5.74, 6) is 0.0857. The number of halogens is 3. The first-order valence-electron chi connectivity index (χ1n) is 5.27. The van der Waals surface area contributed by atoms with Crippen molar-refractivity contribution in [3.05, 3.63) is 41.4 Å². The molecule has 1 aromatic rings. The molecule has 0 radical (unpaired) electrons. The third kappa shape index (κ3) is 4.61. The molecule has 0 N–H and O–H groups in total. The van der Waals surface area contributed by atoms with Gasteiger partial charge in [0, 0.05) is 12.3 Å². The van der Waals surface area contributed by atoms with E-state index in [1.54, 1.807) is 0 Å². The maximum atomic E-state index is 12.1. The van der Waals surface area contributed by atoms with Crippen LogP contribution in [-0.2, 0) is 20.0 Å². The van der Waals surface area contributed by atoms with Crippen molar-refractivity contribution in [3.8, 4) is 0 Å². The van der Waals surface area contributed by atoms with E-state index in [4.69, 9.17) is 0 Å². The SMILES string of the molecule is CC(C)c1ccc(S(=O)(=O)[N-]S(=O)(=O)C(F)(F)F)cc1.[CH3+]. The molecule has 0 saturated heterocycles. The van der Waals surface area contributed by atoms with E-state index in [1.165, 1.54) is 12.1 Å². The van der Waals surface area contributed by atoms with Crippen molar-refractivity contribution < 1.29 is 30.0 Å². The summed E-state index contributed by atoms with van der Waals surface area (Å²) in [5.41, 5.74) is -5.00. The van der Waals surface area contributed by atoms with Gasteiger partial charge in [-0.05, 0) is 23.6 Å².